The first-order valence-corrected chi connectivity index (χ1v) is 8.77. The van der Waals surface area contributed by atoms with E-state index < -0.39 is 12.0 Å². The van der Waals surface area contributed by atoms with Crippen LogP contribution in [0, 0.1) is 5.92 Å². The van der Waals surface area contributed by atoms with E-state index in [9.17, 15) is 14.7 Å². The molecule has 120 valence electrons. The maximum absolute atomic E-state index is 12.1. The van der Waals surface area contributed by atoms with E-state index in [1.807, 2.05) is 0 Å². The summed E-state index contributed by atoms with van der Waals surface area (Å²) in [6.07, 6.45) is 3.36. The molecule has 21 heavy (non-hydrogen) atoms. The fourth-order valence-corrected chi connectivity index (χ4v) is 3.93. The Morgan fingerprint density at radius 1 is 1.29 bits per heavy atom. The van der Waals surface area contributed by atoms with Crippen molar-refractivity contribution in [2.75, 3.05) is 44.7 Å². The number of likely N-dealkylation sites (tertiary alicyclic amines) is 1. The van der Waals surface area contributed by atoms with Gasteiger partial charge in [-0.3, -0.25) is 0 Å². The summed E-state index contributed by atoms with van der Waals surface area (Å²) in [5, 5.41) is 12.1. The van der Waals surface area contributed by atoms with E-state index >= 15 is 0 Å². The number of amides is 2. The zero-order chi connectivity index (χ0) is 15.2. The molecule has 0 saturated carbocycles. The van der Waals surface area contributed by atoms with E-state index in [1.54, 1.807) is 11.8 Å². The van der Waals surface area contributed by atoms with Crippen LogP contribution in [-0.4, -0.2) is 77.7 Å². The summed E-state index contributed by atoms with van der Waals surface area (Å²) in [5.41, 5.74) is 0. The predicted octanol–water partition coefficient (Wildman–Crippen LogP) is 0.930. The van der Waals surface area contributed by atoms with E-state index in [-0.39, 0.29) is 6.03 Å². The molecule has 1 unspecified atom stereocenters. The predicted molar refractivity (Wildman–Crippen MR) is 83.7 cm³/mol. The second kappa shape index (κ2) is 7.89. The minimum Gasteiger partial charge on any atom is -0.480 e. The van der Waals surface area contributed by atoms with Gasteiger partial charge < -0.3 is 20.2 Å². The van der Waals surface area contributed by atoms with Crippen molar-refractivity contribution >= 4 is 23.8 Å². The van der Waals surface area contributed by atoms with Crippen molar-refractivity contribution in [3.8, 4) is 0 Å². The second-order valence-electron chi connectivity index (χ2n) is 5.89. The highest BCUT2D eigenvalue weighted by atomic mass is 32.2. The molecule has 2 fully saturated rings. The number of hydrogen-bond acceptors (Lipinski definition) is 4. The number of carbonyl (C=O) groups is 2. The molecule has 2 aliphatic rings. The van der Waals surface area contributed by atoms with Crippen molar-refractivity contribution in [3.05, 3.63) is 0 Å². The van der Waals surface area contributed by atoms with Crippen LogP contribution in [0.15, 0.2) is 0 Å². The topological polar surface area (TPSA) is 72.9 Å². The number of carboxylic acids is 1. The molecule has 7 heteroatoms. The first-order chi connectivity index (χ1) is 10.1. The maximum atomic E-state index is 12.1. The molecule has 1 atom stereocenters. The summed E-state index contributed by atoms with van der Waals surface area (Å²) in [6, 6.07) is -0.914. The third-order valence-electron chi connectivity index (χ3n) is 4.34. The molecule has 0 spiro atoms. The highest BCUT2D eigenvalue weighted by Crippen LogP contribution is 2.19. The van der Waals surface area contributed by atoms with Gasteiger partial charge in [-0.05, 0) is 45.3 Å². The van der Waals surface area contributed by atoms with Crippen molar-refractivity contribution in [3.63, 3.8) is 0 Å². The highest BCUT2D eigenvalue weighted by Gasteiger charge is 2.32. The molecule has 2 N–H and O–H groups in total. The van der Waals surface area contributed by atoms with Gasteiger partial charge in [-0.1, -0.05) is 0 Å². The molecular weight excluding hydrogens is 290 g/mol. The zero-order valence-corrected chi connectivity index (χ0v) is 13.4. The van der Waals surface area contributed by atoms with Gasteiger partial charge in [-0.25, -0.2) is 9.59 Å². The molecule has 6 nitrogen and oxygen atoms in total. The summed E-state index contributed by atoms with van der Waals surface area (Å²) in [7, 11) is 2.14. The number of carboxylic acid groups (broad SMARTS) is 1. The fourth-order valence-electron chi connectivity index (χ4n) is 2.89. The largest absolute Gasteiger partial charge is 0.480 e. The smallest absolute Gasteiger partial charge is 0.327 e. The SMILES string of the molecule is CN1CCC(CCNC(=O)N2CCSCC2C(=O)O)CC1. The lowest BCUT2D eigenvalue weighted by Gasteiger charge is -2.33. The van der Waals surface area contributed by atoms with Gasteiger partial charge in [-0.15, -0.1) is 0 Å². The number of thioether (sulfide) groups is 1. The quantitative estimate of drug-likeness (QED) is 0.807. The number of rotatable bonds is 4. The molecule has 0 aliphatic carbocycles. The molecule has 2 heterocycles. The van der Waals surface area contributed by atoms with Gasteiger partial charge in [0.15, 0.2) is 0 Å². The average molecular weight is 315 g/mol. The van der Waals surface area contributed by atoms with Crippen molar-refractivity contribution in [1.29, 1.82) is 0 Å². The number of urea groups is 1. The monoisotopic (exact) mass is 315 g/mol. The zero-order valence-electron chi connectivity index (χ0n) is 12.6. The molecule has 2 saturated heterocycles. The lowest BCUT2D eigenvalue weighted by Crippen LogP contribution is -2.54. The van der Waals surface area contributed by atoms with Crippen LogP contribution in [0.3, 0.4) is 0 Å². The van der Waals surface area contributed by atoms with Gasteiger partial charge in [0.25, 0.3) is 0 Å². The van der Waals surface area contributed by atoms with E-state index in [0.717, 1.165) is 25.3 Å². The van der Waals surface area contributed by atoms with Gasteiger partial charge in [0.2, 0.25) is 0 Å². The molecule has 0 aromatic heterocycles. The molecular formula is C14H25N3O3S. The van der Waals surface area contributed by atoms with E-state index in [1.165, 1.54) is 17.7 Å². The molecule has 0 bridgehead atoms. The average Bonchev–Trinajstić information content (AvgIpc) is 2.49. The Balaban J connectivity index is 1.72. The third-order valence-corrected chi connectivity index (χ3v) is 5.36. The van der Waals surface area contributed by atoms with Crippen LogP contribution >= 0.6 is 11.8 Å². The Morgan fingerprint density at radius 3 is 2.67 bits per heavy atom. The van der Waals surface area contributed by atoms with E-state index in [0.29, 0.717) is 24.8 Å². The summed E-state index contributed by atoms with van der Waals surface area (Å²) in [4.78, 5) is 27.1. The standard InChI is InChI=1S/C14H25N3O3S/c1-16-6-3-11(4-7-16)2-5-15-14(20)17-8-9-21-10-12(17)13(18)19/h11-12H,2-10H2,1H3,(H,15,20)(H,18,19). The number of aliphatic carboxylic acids is 1. The summed E-state index contributed by atoms with van der Waals surface area (Å²) >= 11 is 1.59. The first kappa shape index (κ1) is 16.4. The number of carbonyl (C=O) groups excluding carboxylic acids is 1. The minimum absolute atomic E-state index is 0.226. The Bertz CT molecular complexity index is 372. The van der Waals surface area contributed by atoms with Crippen LogP contribution in [0.1, 0.15) is 19.3 Å². The van der Waals surface area contributed by atoms with E-state index in [4.69, 9.17) is 0 Å². The van der Waals surface area contributed by atoms with Gasteiger partial charge in [-0.2, -0.15) is 11.8 Å². The molecule has 2 amide bonds. The number of nitrogens with one attached hydrogen (secondary N) is 1. The van der Waals surface area contributed by atoms with Crippen LogP contribution < -0.4 is 5.32 Å². The van der Waals surface area contributed by atoms with Crippen LogP contribution in [0.2, 0.25) is 0 Å². The molecule has 0 radical (unpaired) electrons. The molecule has 0 aromatic carbocycles. The Morgan fingerprint density at radius 2 is 2.00 bits per heavy atom. The maximum Gasteiger partial charge on any atom is 0.327 e. The van der Waals surface area contributed by atoms with Gasteiger partial charge in [0.05, 0.1) is 0 Å². The molecule has 2 rings (SSSR count). The van der Waals surface area contributed by atoms with Gasteiger partial charge in [0, 0.05) is 24.6 Å². The van der Waals surface area contributed by atoms with Gasteiger partial charge in [0.1, 0.15) is 6.04 Å². The van der Waals surface area contributed by atoms with Crippen LogP contribution in [0.5, 0.6) is 0 Å². The summed E-state index contributed by atoms with van der Waals surface area (Å²) in [6.45, 7) is 3.41. The third kappa shape index (κ3) is 4.78. The fraction of sp³-hybridized carbons (Fsp3) is 0.857. The number of hydrogen-bond donors (Lipinski definition) is 2. The van der Waals surface area contributed by atoms with Crippen molar-refractivity contribution in [2.45, 2.75) is 25.3 Å². The molecule has 2 aliphatic heterocycles. The van der Waals surface area contributed by atoms with E-state index in [2.05, 4.69) is 17.3 Å². The van der Waals surface area contributed by atoms with Crippen molar-refractivity contribution in [1.82, 2.24) is 15.1 Å². The Kier molecular flexibility index (Phi) is 6.17. The van der Waals surface area contributed by atoms with Gasteiger partial charge >= 0.3 is 12.0 Å². The second-order valence-corrected chi connectivity index (χ2v) is 7.04. The Hall–Kier alpha value is -0.950. The Labute approximate surface area is 130 Å². The minimum atomic E-state index is -0.910. The van der Waals surface area contributed by atoms with Crippen molar-refractivity contribution < 1.29 is 14.7 Å². The van der Waals surface area contributed by atoms with Crippen LogP contribution in [0.4, 0.5) is 4.79 Å². The number of piperidine rings is 1. The normalized spacial score (nSPS) is 24.8. The van der Waals surface area contributed by atoms with Crippen molar-refractivity contribution in [2.24, 2.45) is 5.92 Å². The lowest BCUT2D eigenvalue weighted by atomic mass is 9.94. The van der Waals surface area contributed by atoms with Crippen LogP contribution in [0.25, 0.3) is 0 Å². The highest BCUT2D eigenvalue weighted by molar-refractivity contribution is 7.99. The summed E-state index contributed by atoms with van der Waals surface area (Å²) in [5.74, 6) is 1.06. The lowest BCUT2D eigenvalue weighted by molar-refractivity contribution is -0.141. The first-order valence-electron chi connectivity index (χ1n) is 7.61. The molecule has 0 aromatic rings. The number of nitrogens with zero attached hydrogens (tertiary/aromatic N) is 2. The van der Waals surface area contributed by atoms with Crippen LogP contribution in [-0.2, 0) is 4.79 Å². The summed E-state index contributed by atoms with van der Waals surface area (Å²) < 4.78 is 0.